The molecule has 0 spiro atoms. The Morgan fingerprint density at radius 2 is 1.47 bits per heavy atom. The molecule has 0 aromatic carbocycles. The van der Waals surface area contributed by atoms with Crippen LogP contribution < -0.4 is 5.32 Å². The Bertz CT molecular complexity index is 164. The summed E-state index contributed by atoms with van der Waals surface area (Å²) in [4.78, 5) is 0. The molecule has 0 atom stereocenters. The molecule has 0 heterocycles. The predicted molar refractivity (Wildman–Crippen MR) is 66.0 cm³/mol. The molecule has 2 aliphatic carbocycles. The molecule has 2 rings (SSSR count). The van der Waals surface area contributed by atoms with Gasteiger partial charge < -0.3 is 5.32 Å². The Kier molecular flexibility index (Phi) is 4.49. The second-order valence-corrected chi connectivity index (χ2v) is 5.68. The second-order valence-electron chi connectivity index (χ2n) is 5.68. The molecular weight excluding hydrogens is 182 g/mol. The van der Waals surface area contributed by atoms with Crippen molar-refractivity contribution in [2.24, 2.45) is 11.8 Å². The third-order valence-corrected chi connectivity index (χ3v) is 4.59. The van der Waals surface area contributed by atoms with Crippen LogP contribution in [0.2, 0.25) is 0 Å². The number of hydrogen-bond donors (Lipinski definition) is 1. The lowest BCUT2D eigenvalue weighted by Crippen LogP contribution is -2.32. The van der Waals surface area contributed by atoms with Crippen LogP contribution in [-0.4, -0.2) is 12.6 Å². The summed E-state index contributed by atoms with van der Waals surface area (Å²) in [6.45, 7) is 3.66. The molecule has 1 nitrogen and oxygen atoms in total. The maximum atomic E-state index is 3.78. The van der Waals surface area contributed by atoms with E-state index in [0.717, 1.165) is 17.9 Å². The number of nitrogens with one attached hydrogen (secondary N) is 1. The Morgan fingerprint density at radius 3 is 2.07 bits per heavy atom. The molecule has 0 aliphatic heterocycles. The van der Waals surface area contributed by atoms with E-state index in [4.69, 9.17) is 0 Å². The van der Waals surface area contributed by atoms with Gasteiger partial charge in [0, 0.05) is 6.04 Å². The van der Waals surface area contributed by atoms with Crippen LogP contribution in [0.3, 0.4) is 0 Å². The standard InChI is InChI=1S/C14H27N/c1-2-12-7-9-13(10-8-12)11-15-14-5-3-4-6-14/h12-15H,2-11H2,1H3. The molecule has 0 saturated heterocycles. The Balaban J connectivity index is 1.59. The quantitative estimate of drug-likeness (QED) is 0.744. The van der Waals surface area contributed by atoms with Crippen LogP contribution in [-0.2, 0) is 0 Å². The number of hydrogen-bond acceptors (Lipinski definition) is 1. The number of rotatable bonds is 4. The van der Waals surface area contributed by atoms with Crippen LogP contribution >= 0.6 is 0 Å². The molecule has 2 saturated carbocycles. The van der Waals surface area contributed by atoms with Gasteiger partial charge in [-0.2, -0.15) is 0 Å². The molecule has 15 heavy (non-hydrogen) atoms. The molecule has 2 fully saturated rings. The molecule has 0 aromatic heterocycles. The van der Waals surface area contributed by atoms with Crippen LogP contribution in [0, 0.1) is 11.8 Å². The van der Waals surface area contributed by atoms with E-state index in [1.807, 2.05) is 0 Å². The summed E-state index contributed by atoms with van der Waals surface area (Å²) < 4.78 is 0. The van der Waals surface area contributed by atoms with E-state index < -0.39 is 0 Å². The molecule has 0 unspecified atom stereocenters. The highest BCUT2D eigenvalue weighted by atomic mass is 14.9. The highest BCUT2D eigenvalue weighted by molar-refractivity contribution is 4.78. The molecule has 1 N–H and O–H groups in total. The fourth-order valence-electron chi connectivity index (χ4n) is 3.31. The molecule has 0 radical (unpaired) electrons. The van der Waals surface area contributed by atoms with Crippen molar-refractivity contribution in [3.05, 3.63) is 0 Å². The predicted octanol–water partition coefficient (Wildman–Crippen LogP) is 3.74. The van der Waals surface area contributed by atoms with Gasteiger partial charge in [-0.3, -0.25) is 0 Å². The third kappa shape index (κ3) is 3.48. The average Bonchev–Trinajstić information content (AvgIpc) is 2.80. The first-order chi connectivity index (χ1) is 7.38. The van der Waals surface area contributed by atoms with Crippen molar-refractivity contribution < 1.29 is 0 Å². The monoisotopic (exact) mass is 209 g/mol. The summed E-state index contributed by atoms with van der Waals surface area (Å²) in [5.41, 5.74) is 0. The Hall–Kier alpha value is -0.0400. The molecule has 1 heteroatoms. The smallest absolute Gasteiger partial charge is 0.00671 e. The van der Waals surface area contributed by atoms with Gasteiger partial charge in [-0.15, -0.1) is 0 Å². The lowest BCUT2D eigenvalue weighted by atomic mass is 9.81. The third-order valence-electron chi connectivity index (χ3n) is 4.59. The Morgan fingerprint density at radius 1 is 0.867 bits per heavy atom. The van der Waals surface area contributed by atoms with Crippen molar-refractivity contribution >= 4 is 0 Å². The van der Waals surface area contributed by atoms with Gasteiger partial charge in [0.15, 0.2) is 0 Å². The lowest BCUT2D eigenvalue weighted by molar-refractivity contribution is 0.256. The topological polar surface area (TPSA) is 12.0 Å². The zero-order chi connectivity index (χ0) is 10.5. The van der Waals surface area contributed by atoms with Gasteiger partial charge in [-0.05, 0) is 44.1 Å². The maximum absolute atomic E-state index is 3.78. The molecular formula is C14H27N. The van der Waals surface area contributed by atoms with Gasteiger partial charge in [0.2, 0.25) is 0 Å². The van der Waals surface area contributed by atoms with Crippen molar-refractivity contribution in [1.29, 1.82) is 0 Å². The highest BCUT2D eigenvalue weighted by Gasteiger charge is 2.21. The van der Waals surface area contributed by atoms with Crippen LogP contribution in [0.5, 0.6) is 0 Å². The fourth-order valence-corrected chi connectivity index (χ4v) is 3.31. The normalized spacial score (nSPS) is 33.4. The average molecular weight is 209 g/mol. The van der Waals surface area contributed by atoms with Crippen molar-refractivity contribution in [2.45, 2.75) is 70.8 Å². The fraction of sp³-hybridized carbons (Fsp3) is 1.00. The molecule has 0 bridgehead atoms. The first-order valence-corrected chi connectivity index (χ1v) is 7.12. The molecule has 88 valence electrons. The van der Waals surface area contributed by atoms with Crippen molar-refractivity contribution in [2.75, 3.05) is 6.54 Å². The van der Waals surface area contributed by atoms with Crippen LogP contribution in [0.4, 0.5) is 0 Å². The molecule has 0 amide bonds. The SMILES string of the molecule is CCC1CCC(CNC2CCCC2)CC1. The van der Waals surface area contributed by atoms with Gasteiger partial charge in [0.25, 0.3) is 0 Å². The zero-order valence-electron chi connectivity index (χ0n) is 10.3. The van der Waals surface area contributed by atoms with Gasteiger partial charge in [0.1, 0.15) is 0 Å². The summed E-state index contributed by atoms with van der Waals surface area (Å²) in [5.74, 6) is 2.04. The van der Waals surface area contributed by atoms with E-state index in [0.29, 0.717) is 0 Å². The van der Waals surface area contributed by atoms with E-state index >= 15 is 0 Å². The van der Waals surface area contributed by atoms with Gasteiger partial charge in [0.05, 0.1) is 0 Å². The van der Waals surface area contributed by atoms with E-state index in [1.165, 1.54) is 64.3 Å². The minimum atomic E-state index is 0.869. The minimum Gasteiger partial charge on any atom is -0.314 e. The second kappa shape index (κ2) is 5.89. The highest BCUT2D eigenvalue weighted by Crippen LogP contribution is 2.30. The first-order valence-electron chi connectivity index (χ1n) is 7.12. The summed E-state index contributed by atoms with van der Waals surface area (Å²) >= 11 is 0. The van der Waals surface area contributed by atoms with Crippen LogP contribution in [0.15, 0.2) is 0 Å². The van der Waals surface area contributed by atoms with Gasteiger partial charge in [-0.1, -0.05) is 39.0 Å². The van der Waals surface area contributed by atoms with E-state index in [9.17, 15) is 0 Å². The Labute approximate surface area is 95.0 Å². The maximum Gasteiger partial charge on any atom is 0.00671 e. The summed E-state index contributed by atoms with van der Waals surface area (Å²) in [6.07, 6.45) is 13.1. The van der Waals surface area contributed by atoms with E-state index in [-0.39, 0.29) is 0 Å². The van der Waals surface area contributed by atoms with Crippen molar-refractivity contribution in [1.82, 2.24) is 5.32 Å². The summed E-state index contributed by atoms with van der Waals surface area (Å²) in [6, 6.07) is 0.869. The van der Waals surface area contributed by atoms with Crippen LogP contribution in [0.1, 0.15) is 64.7 Å². The zero-order valence-corrected chi connectivity index (χ0v) is 10.3. The first kappa shape index (κ1) is 11.4. The van der Waals surface area contributed by atoms with Crippen molar-refractivity contribution in [3.8, 4) is 0 Å². The summed E-state index contributed by atoms with van der Waals surface area (Å²) in [7, 11) is 0. The van der Waals surface area contributed by atoms with Gasteiger partial charge >= 0.3 is 0 Å². The molecule has 2 aliphatic rings. The molecule has 0 aromatic rings. The van der Waals surface area contributed by atoms with Crippen molar-refractivity contribution in [3.63, 3.8) is 0 Å². The van der Waals surface area contributed by atoms with Crippen LogP contribution in [0.25, 0.3) is 0 Å². The lowest BCUT2D eigenvalue weighted by Gasteiger charge is -2.28. The van der Waals surface area contributed by atoms with Gasteiger partial charge in [-0.25, -0.2) is 0 Å². The van der Waals surface area contributed by atoms with E-state index in [2.05, 4.69) is 12.2 Å². The minimum absolute atomic E-state index is 0.869. The largest absolute Gasteiger partial charge is 0.314 e. The van der Waals surface area contributed by atoms with E-state index in [1.54, 1.807) is 0 Å². The summed E-state index contributed by atoms with van der Waals surface area (Å²) in [5, 5.41) is 3.78.